The normalized spacial score (nSPS) is 10.9. The largest absolute Gasteiger partial charge is 0.493 e. The highest BCUT2D eigenvalue weighted by molar-refractivity contribution is 5.96. The van der Waals surface area contributed by atoms with Gasteiger partial charge in [0.15, 0.2) is 17.9 Å². The Labute approximate surface area is 173 Å². The number of aryl methyl sites for hydroxylation is 2. The number of nitrogens with one attached hydrogen (secondary N) is 1. The maximum Gasteiger partial charge on any atom is 0.262 e. The molecule has 152 valence electrons. The van der Waals surface area contributed by atoms with Gasteiger partial charge in [-0.2, -0.15) is 0 Å². The van der Waals surface area contributed by atoms with Crippen LogP contribution in [0.4, 0.5) is 5.69 Å². The van der Waals surface area contributed by atoms with E-state index in [4.69, 9.17) is 13.9 Å². The summed E-state index contributed by atoms with van der Waals surface area (Å²) in [5.74, 6) is 0.840. The smallest absolute Gasteiger partial charge is 0.262 e. The molecule has 1 N–H and O–H groups in total. The number of methoxy groups -OCH3 is 1. The van der Waals surface area contributed by atoms with Crippen molar-refractivity contribution in [1.29, 1.82) is 0 Å². The SMILES string of the molecule is COc1cccc2c(=O)c3ccc(NC(=O)COc4cc(C)ccc4C)cc3oc12. The van der Waals surface area contributed by atoms with E-state index in [1.807, 2.05) is 32.0 Å². The molecule has 0 aliphatic rings. The fourth-order valence-electron chi connectivity index (χ4n) is 3.29. The van der Waals surface area contributed by atoms with Gasteiger partial charge < -0.3 is 19.2 Å². The fourth-order valence-corrected chi connectivity index (χ4v) is 3.29. The monoisotopic (exact) mass is 403 g/mol. The molecule has 0 aliphatic heterocycles. The van der Waals surface area contributed by atoms with Gasteiger partial charge in [0.05, 0.1) is 17.9 Å². The number of amides is 1. The van der Waals surface area contributed by atoms with Crippen LogP contribution in [0.25, 0.3) is 21.9 Å². The Morgan fingerprint density at radius 1 is 1.00 bits per heavy atom. The Morgan fingerprint density at radius 3 is 2.63 bits per heavy atom. The van der Waals surface area contributed by atoms with Gasteiger partial charge >= 0.3 is 0 Å². The standard InChI is InChI=1S/C24H21NO5/c1-14-7-8-15(2)20(11-14)29-13-22(26)25-16-9-10-17-21(12-16)30-24-18(23(17)27)5-4-6-19(24)28-3/h4-12H,13H2,1-3H3,(H,25,26). The fraction of sp³-hybridized carbons (Fsp3) is 0.167. The predicted octanol–water partition coefficient (Wildman–Crippen LogP) is 4.59. The molecule has 3 aromatic carbocycles. The number of carbonyl (C=O) groups excluding carboxylic acids is 1. The maximum atomic E-state index is 12.8. The number of para-hydroxylation sites is 1. The molecule has 0 atom stereocenters. The summed E-state index contributed by atoms with van der Waals surface area (Å²) in [6.45, 7) is 3.77. The number of benzene rings is 3. The van der Waals surface area contributed by atoms with Crippen molar-refractivity contribution in [2.24, 2.45) is 0 Å². The molecule has 1 heterocycles. The zero-order chi connectivity index (χ0) is 21.3. The van der Waals surface area contributed by atoms with Gasteiger partial charge in [0.2, 0.25) is 5.43 Å². The van der Waals surface area contributed by atoms with Crippen LogP contribution < -0.4 is 20.2 Å². The Hall–Kier alpha value is -3.80. The van der Waals surface area contributed by atoms with Crippen LogP contribution >= 0.6 is 0 Å². The molecule has 6 nitrogen and oxygen atoms in total. The summed E-state index contributed by atoms with van der Waals surface area (Å²) in [6.07, 6.45) is 0. The summed E-state index contributed by atoms with van der Waals surface area (Å²) in [6, 6.07) is 15.9. The van der Waals surface area contributed by atoms with Crippen molar-refractivity contribution in [3.63, 3.8) is 0 Å². The van der Waals surface area contributed by atoms with Crippen molar-refractivity contribution in [2.75, 3.05) is 19.0 Å². The molecule has 0 spiro atoms. The van der Waals surface area contributed by atoms with E-state index in [0.717, 1.165) is 11.1 Å². The molecule has 0 fully saturated rings. The number of hydrogen-bond donors (Lipinski definition) is 1. The van der Waals surface area contributed by atoms with Crippen LogP contribution in [0.1, 0.15) is 11.1 Å². The van der Waals surface area contributed by atoms with Gasteiger partial charge in [-0.15, -0.1) is 0 Å². The number of anilines is 1. The van der Waals surface area contributed by atoms with Crippen LogP contribution in [0.15, 0.2) is 63.8 Å². The summed E-state index contributed by atoms with van der Waals surface area (Å²) >= 11 is 0. The second-order valence-corrected chi connectivity index (χ2v) is 7.08. The average Bonchev–Trinajstić information content (AvgIpc) is 2.74. The number of hydrogen-bond acceptors (Lipinski definition) is 5. The van der Waals surface area contributed by atoms with Crippen molar-refractivity contribution in [2.45, 2.75) is 13.8 Å². The van der Waals surface area contributed by atoms with Crippen LogP contribution in [0.5, 0.6) is 11.5 Å². The molecular weight excluding hydrogens is 382 g/mol. The van der Waals surface area contributed by atoms with Crippen molar-refractivity contribution < 1.29 is 18.7 Å². The molecule has 0 saturated carbocycles. The van der Waals surface area contributed by atoms with E-state index in [1.165, 1.54) is 7.11 Å². The number of rotatable bonds is 5. The lowest BCUT2D eigenvalue weighted by Gasteiger charge is -2.11. The van der Waals surface area contributed by atoms with Crippen LogP contribution in [0.2, 0.25) is 0 Å². The predicted molar refractivity (Wildman–Crippen MR) is 117 cm³/mol. The van der Waals surface area contributed by atoms with Crippen LogP contribution in [0, 0.1) is 13.8 Å². The van der Waals surface area contributed by atoms with E-state index in [9.17, 15) is 9.59 Å². The summed E-state index contributed by atoms with van der Waals surface area (Å²) in [7, 11) is 1.52. The molecule has 0 radical (unpaired) electrons. The minimum Gasteiger partial charge on any atom is -0.493 e. The number of carbonyl (C=O) groups is 1. The molecule has 6 heteroatoms. The summed E-state index contributed by atoms with van der Waals surface area (Å²) in [5.41, 5.74) is 3.12. The van der Waals surface area contributed by atoms with Crippen molar-refractivity contribution in [1.82, 2.24) is 0 Å². The van der Waals surface area contributed by atoms with Gasteiger partial charge in [-0.1, -0.05) is 18.2 Å². The molecule has 0 unspecified atom stereocenters. The van der Waals surface area contributed by atoms with Crippen LogP contribution in [-0.4, -0.2) is 19.6 Å². The minimum atomic E-state index is -0.309. The molecule has 4 aromatic rings. The highest BCUT2D eigenvalue weighted by Gasteiger charge is 2.13. The second kappa shape index (κ2) is 7.91. The molecule has 4 rings (SSSR count). The van der Waals surface area contributed by atoms with Crippen LogP contribution in [-0.2, 0) is 4.79 Å². The third kappa shape index (κ3) is 3.72. The topological polar surface area (TPSA) is 77.8 Å². The minimum absolute atomic E-state index is 0.127. The highest BCUT2D eigenvalue weighted by atomic mass is 16.5. The lowest BCUT2D eigenvalue weighted by atomic mass is 10.1. The Kier molecular flexibility index (Phi) is 5.14. The maximum absolute atomic E-state index is 12.8. The van der Waals surface area contributed by atoms with Crippen molar-refractivity contribution in [3.05, 3.63) is 75.9 Å². The van der Waals surface area contributed by atoms with Gasteiger partial charge in [-0.05, 0) is 55.3 Å². The summed E-state index contributed by atoms with van der Waals surface area (Å²) in [5, 5.41) is 3.65. The molecule has 0 bridgehead atoms. The highest BCUT2D eigenvalue weighted by Crippen LogP contribution is 2.28. The van der Waals surface area contributed by atoms with Gasteiger partial charge in [-0.25, -0.2) is 0 Å². The quantitative estimate of drug-likeness (QED) is 0.493. The zero-order valence-electron chi connectivity index (χ0n) is 16.9. The van der Waals surface area contributed by atoms with Gasteiger partial charge in [0.25, 0.3) is 5.91 Å². The van der Waals surface area contributed by atoms with E-state index in [-0.39, 0.29) is 17.9 Å². The van der Waals surface area contributed by atoms with Crippen molar-refractivity contribution in [3.8, 4) is 11.5 Å². The molecule has 1 aromatic heterocycles. The van der Waals surface area contributed by atoms with E-state index in [0.29, 0.717) is 39.1 Å². The number of ether oxygens (including phenoxy) is 2. The molecule has 1 amide bonds. The first kappa shape index (κ1) is 19.5. The Bertz CT molecular complexity index is 1320. The van der Waals surface area contributed by atoms with Crippen LogP contribution in [0.3, 0.4) is 0 Å². The van der Waals surface area contributed by atoms with Gasteiger partial charge in [0, 0.05) is 11.8 Å². The summed E-state index contributed by atoms with van der Waals surface area (Å²) in [4.78, 5) is 25.1. The van der Waals surface area contributed by atoms with Crippen molar-refractivity contribution >= 4 is 33.5 Å². The molecular formula is C24H21NO5. The molecule has 0 saturated heterocycles. The first-order chi connectivity index (χ1) is 14.5. The third-order valence-electron chi connectivity index (χ3n) is 4.87. The van der Waals surface area contributed by atoms with Gasteiger partial charge in [-0.3, -0.25) is 9.59 Å². The first-order valence-electron chi connectivity index (χ1n) is 9.50. The lowest BCUT2D eigenvalue weighted by Crippen LogP contribution is -2.20. The molecule has 30 heavy (non-hydrogen) atoms. The average molecular weight is 403 g/mol. The van der Waals surface area contributed by atoms with E-state index >= 15 is 0 Å². The third-order valence-corrected chi connectivity index (χ3v) is 4.87. The number of fused-ring (bicyclic) bond motifs is 2. The lowest BCUT2D eigenvalue weighted by molar-refractivity contribution is -0.118. The molecule has 0 aliphatic carbocycles. The Balaban J connectivity index is 1.58. The van der Waals surface area contributed by atoms with E-state index in [2.05, 4.69) is 5.32 Å². The van der Waals surface area contributed by atoms with E-state index in [1.54, 1.807) is 36.4 Å². The summed E-state index contributed by atoms with van der Waals surface area (Å²) < 4.78 is 16.9. The Morgan fingerprint density at radius 2 is 1.83 bits per heavy atom. The van der Waals surface area contributed by atoms with Gasteiger partial charge in [0.1, 0.15) is 11.3 Å². The van der Waals surface area contributed by atoms with E-state index < -0.39 is 0 Å². The second-order valence-electron chi connectivity index (χ2n) is 7.08. The zero-order valence-corrected chi connectivity index (χ0v) is 16.9. The first-order valence-corrected chi connectivity index (χ1v) is 9.50.